The number of nitrogens with zero attached hydrogens (tertiary/aromatic N) is 2. The summed E-state index contributed by atoms with van der Waals surface area (Å²) in [4.78, 5) is 35.3. The van der Waals surface area contributed by atoms with Gasteiger partial charge in [-0.15, -0.1) is 0 Å². The van der Waals surface area contributed by atoms with Gasteiger partial charge in [0, 0.05) is 11.6 Å². The standard InChI is InChI=1S/C23H29N5O5/c1-14(2)22(30)28-21-7-5-18(9-24-21)33-12-17(29)11-32-10-15(3)23(31)27-16-4-6-19-20(8-16)26-13-25-19/h4-9,13-15,17,29H,10-12H2,1-3H3,(H,25,26)(H,27,31)(H,24,28,30)/t15?,17-/m1/s1. The molecule has 0 bridgehead atoms. The highest BCUT2D eigenvalue weighted by atomic mass is 16.5. The summed E-state index contributed by atoms with van der Waals surface area (Å²) in [5.41, 5.74) is 2.33. The van der Waals surface area contributed by atoms with Crippen LogP contribution >= 0.6 is 0 Å². The van der Waals surface area contributed by atoms with Crippen LogP contribution in [0.25, 0.3) is 11.0 Å². The van der Waals surface area contributed by atoms with Crippen molar-refractivity contribution in [3.8, 4) is 5.75 Å². The first kappa shape index (κ1) is 24.1. The van der Waals surface area contributed by atoms with E-state index in [0.29, 0.717) is 17.3 Å². The minimum Gasteiger partial charge on any atom is -0.489 e. The van der Waals surface area contributed by atoms with Crippen LogP contribution in [0.15, 0.2) is 42.9 Å². The summed E-state index contributed by atoms with van der Waals surface area (Å²) in [6.07, 6.45) is 2.19. The zero-order valence-corrected chi connectivity index (χ0v) is 18.9. The lowest BCUT2D eigenvalue weighted by Crippen LogP contribution is -2.28. The first-order chi connectivity index (χ1) is 15.8. The van der Waals surface area contributed by atoms with E-state index in [9.17, 15) is 14.7 Å². The third-order valence-corrected chi connectivity index (χ3v) is 4.77. The second kappa shape index (κ2) is 11.4. The van der Waals surface area contributed by atoms with E-state index in [1.807, 2.05) is 12.1 Å². The van der Waals surface area contributed by atoms with Crippen LogP contribution in [0.4, 0.5) is 11.5 Å². The molecule has 1 unspecified atom stereocenters. The van der Waals surface area contributed by atoms with E-state index in [4.69, 9.17) is 9.47 Å². The van der Waals surface area contributed by atoms with Crippen LogP contribution < -0.4 is 15.4 Å². The molecule has 0 saturated heterocycles. The van der Waals surface area contributed by atoms with Gasteiger partial charge in [-0.05, 0) is 30.3 Å². The molecule has 10 heteroatoms. The normalized spacial score (nSPS) is 13.0. The van der Waals surface area contributed by atoms with Crippen molar-refractivity contribution < 1.29 is 24.2 Å². The largest absolute Gasteiger partial charge is 0.489 e. The highest BCUT2D eigenvalue weighted by Crippen LogP contribution is 2.17. The Morgan fingerprint density at radius 1 is 1.03 bits per heavy atom. The first-order valence-electron chi connectivity index (χ1n) is 10.7. The Balaban J connectivity index is 1.35. The quantitative estimate of drug-likeness (QED) is 0.349. The fourth-order valence-corrected chi connectivity index (χ4v) is 2.79. The maximum Gasteiger partial charge on any atom is 0.229 e. The number of pyridine rings is 1. The van der Waals surface area contributed by atoms with Gasteiger partial charge in [0.05, 0.1) is 42.7 Å². The summed E-state index contributed by atoms with van der Waals surface area (Å²) >= 11 is 0. The molecule has 0 aliphatic carbocycles. The number of aliphatic hydroxyl groups excluding tert-OH is 1. The van der Waals surface area contributed by atoms with Gasteiger partial charge < -0.3 is 30.2 Å². The number of rotatable bonds is 11. The molecule has 2 heterocycles. The van der Waals surface area contributed by atoms with Crippen molar-refractivity contribution >= 4 is 34.4 Å². The summed E-state index contributed by atoms with van der Waals surface area (Å²) in [5, 5.41) is 15.6. The fraction of sp³-hybridized carbons (Fsp3) is 0.391. The van der Waals surface area contributed by atoms with E-state index in [1.54, 1.807) is 45.3 Å². The number of aliphatic hydroxyl groups is 1. The van der Waals surface area contributed by atoms with Crippen LogP contribution in [-0.2, 0) is 14.3 Å². The average molecular weight is 456 g/mol. The van der Waals surface area contributed by atoms with E-state index in [0.717, 1.165) is 11.0 Å². The Labute approximate surface area is 191 Å². The smallest absolute Gasteiger partial charge is 0.229 e. The maximum absolute atomic E-state index is 12.4. The lowest BCUT2D eigenvalue weighted by atomic mass is 10.1. The summed E-state index contributed by atoms with van der Waals surface area (Å²) in [5.74, 6) is 0.0348. The van der Waals surface area contributed by atoms with Gasteiger partial charge in [0.25, 0.3) is 0 Å². The second-order valence-electron chi connectivity index (χ2n) is 8.05. The second-order valence-corrected chi connectivity index (χ2v) is 8.05. The molecule has 0 aliphatic heterocycles. The Hall–Kier alpha value is -3.50. The third kappa shape index (κ3) is 7.26. The highest BCUT2D eigenvalue weighted by molar-refractivity contribution is 5.94. The number of fused-ring (bicyclic) bond motifs is 1. The van der Waals surface area contributed by atoms with E-state index >= 15 is 0 Å². The Kier molecular flexibility index (Phi) is 8.34. The SMILES string of the molecule is CC(C)C(=O)Nc1ccc(OC[C@H](O)COCC(C)C(=O)Nc2ccc3nc[nH]c3c2)cn1. The molecule has 0 fully saturated rings. The van der Waals surface area contributed by atoms with Gasteiger partial charge >= 0.3 is 0 Å². The van der Waals surface area contributed by atoms with Crippen LogP contribution in [0.5, 0.6) is 5.75 Å². The minimum atomic E-state index is -0.872. The zero-order valence-electron chi connectivity index (χ0n) is 18.9. The van der Waals surface area contributed by atoms with E-state index < -0.39 is 12.0 Å². The fourth-order valence-electron chi connectivity index (χ4n) is 2.79. The monoisotopic (exact) mass is 455 g/mol. The van der Waals surface area contributed by atoms with Crippen LogP contribution in [0.2, 0.25) is 0 Å². The van der Waals surface area contributed by atoms with E-state index in [-0.39, 0.29) is 37.6 Å². The number of aromatic nitrogens is 3. The Bertz CT molecular complexity index is 1070. The molecule has 2 aromatic heterocycles. The summed E-state index contributed by atoms with van der Waals surface area (Å²) in [6, 6.07) is 8.71. The molecule has 0 aliphatic rings. The van der Waals surface area contributed by atoms with Gasteiger partial charge in [0.2, 0.25) is 11.8 Å². The molecule has 176 valence electrons. The molecule has 10 nitrogen and oxygen atoms in total. The minimum absolute atomic E-state index is 0.00412. The molecule has 3 rings (SSSR count). The summed E-state index contributed by atoms with van der Waals surface area (Å²) < 4.78 is 11.0. The number of carbonyl (C=O) groups is 2. The molecule has 0 radical (unpaired) electrons. The van der Waals surface area contributed by atoms with Gasteiger partial charge in [-0.3, -0.25) is 9.59 Å². The van der Waals surface area contributed by atoms with Crippen molar-refractivity contribution in [2.24, 2.45) is 11.8 Å². The van der Waals surface area contributed by atoms with Crippen LogP contribution in [0, 0.1) is 11.8 Å². The number of hydrogen-bond donors (Lipinski definition) is 4. The predicted octanol–water partition coefficient (Wildman–Crippen LogP) is 2.58. The molecule has 4 N–H and O–H groups in total. The third-order valence-electron chi connectivity index (χ3n) is 4.77. The number of H-pyrrole nitrogens is 1. The molecular formula is C23H29N5O5. The van der Waals surface area contributed by atoms with Crippen molar-refractivity contribution in [3.05, 3.63) is 42.9 Å². The topological polar surface area (TPSA) is 138 Å². The van der Waals surface area contributed by atoms with Gasteiger partial charge in [-0.25, -0.2) is 9.97 Å². The lowest BCUT2D eigenvalue weighted by molar-refractivity contribution is -0.121. The van der Waals surface area contributed by atoms with Crippen LogP contribution in [0.3, 0.4) is 0 Å². The lowest BCUT2D eigenvalue weighted by Gasteiger charge is -2.16. The zero-order chi connectivity index (χ0) is 23.8. The van der Waals surface area contributed by atoms with Crippen molar-refractivity contribution in [1.29, 1.82) is 0 Å². The summed E-state index contributed by atoms with van der Waals surface area (Å²) in [6.45, 7) is 5.52. The van der Waals surface area contributed by atoms with Gasteiger partial charge in [-0.1, -0.05) is 20.8 Å². The number of amides is 2. The van der Waals surface area contributed by atoms with E-state index in [2.05, 4.69) is 25.6 Å². The van der Waals surface area contributed by atoms with Crippen molar-refractivity contribution in [2.75, 3.05) is 30.5 Å². The molecule has 2 amide bonds. The molecule has 0 saturated carbocycles. The number of carbonyl (C=O) groups excluding carboxylic acids is 2. The number of nitrogens with one attached hydrogen (secondary N) is 3. The number of hydrogen-bond acceptors (Lipinski definition) is 7. The van der Waals surface area contributed by atoms with Gasteiger partial charge in [0.15, 0.2) is 0 Å². The number of benzene rings is 1. The molecule has 2 atom stereocenters. The molecule has 1 aromatic carbocycles. The Morgan fingerprint density at radius 2 is 1.85 bits per heavy atom. The molecule has 33 heavy (non-hydrogen) atoms. The average Bonchev–Trinajstić information content (AvgIpc) is 3.26. The Morgan fingerprint density at radius 3 is 2.58 bits per heavy atom. The van der Waals surface area contributed by atoms with Crippen molar-refractivity contribution in [1.82, 2.24) is 15.0 Å². The number of ether oxygens (including phenoxy) is 2. The highest BCUT2D eigenvalue weighted by Gasteiger charge is 2.15. The first-order valence-corrected chi connectivity index (χ1v) is 10.7. The molecule has 3 aromatic rings. The van der Waals surface area contributed by atoms with Gasteiger partial charge in [0.1, 0.15) is 24.3 Å². The number of imidazole rings is 1. The number of aromatic amines is 1. The van der Waals surface area contributed by atoms with Crippen LogP contribution in [-0.4, -0.2) is 57.8 Å². The van der Waals surface area contributed by atoms with Crippen LogP contribution in [0.1, 0.15) is 20.8 Å². The molecular weight excluding hydrogens is 426 g/mol. The maximum atomic E-state index is 12.4. The van der Waals surface area contributed by atoms with Crippen molar-refractivity contribution in [3.63, 3.8) is 0 Å². The summed E-state index contributed by atoms with van der Waals surface area (Å²) in [7, 11) is 0. The predicted molar refractivity (Wildman–Crippen MR) is 124 cm³/mol. The molecule has 0 spiro atoms. The van der Waals surface area contributed by atoms with Gasteiger partial charge in [-0.2, -0.15) is 0 Å². The van der Waals surface area contributed by atoms with E-state index in [1.165, 1.54) is 6.20 Å². The number of anilines is 2. The van der Waals surface area contributed by atoms with Crippen molar-refractivity contribution in [2.45, 2.75) is 26.9 Å².